The summed E-state index contributed by atoms with van der Waals surface area (Å²) < 4.78 is 0. The first kappa shape index (κ1) is 11.5. The predicted octanol–water partition coefficient (Wildman–Crippen LogP) is 5.13. The Hall–Kier alpha value is -1.64. The summed E-state index contributed by atoms with van der Waals surface area (Å²) in [6.45, 7) is 0. The number of rotatable bonds is 2. The van der Waals surface area contributed by atoms with E-state index in [2.05, 4.69) is 22.5 Å². The number of aromatic nitrogens is 1. The van der Waals surface area contributed by atoms with Crippen LogP contribution in [-0.2, 0) is 0 Å². The molecule has 0 aliphatic heterocycles. The van der Waals surface area contributed by atoms with Gasteiger partial charge in [-0.2, -0.15) is 0 Å². The minimum atomic E-state index is 0.755. The van der Waals surface area contributed by atoms with Gasteiger partial charge in [-0.05, 0) is 23.3 Å². The molecule has 0 spiro atoms. The first-order valence-electron chi connectivity index (χ1n) is 5.58. The van der Waals surface area contributed by atoms with E-state index in [4.69, 9.17) is 11.6 Å². The molecule has 1 heterocycles. The van der Waals surface area contributed by atoms with Gasteiger partial charge >= 0.3 is 0 Å². The summed E-state index contributed by atoms with van der Waals surface area (Å²) in [5.74, 6) is 0. The molecule has 2 aromatic carbocycles. The van der Waals surface area contributed by atoms with Crippen LogP contribution in [0.3, 0.4) is 0 Å². The van der Waals surface area contributed by atoms with E-state index < -0.39 is 0 Å². The van der Waals surface area contributed by atoms with Gasteiger partial charge in [-0.15, -0.1) is 11.3 Å². The van der Waals surface area contributed by atoms with Crippen molar-refractivity contribution >= 4 is 22.9 Å². The van der Waals surface area contributed by atoms with E-state index in [1.807, 2.05) is 41.9 Å². The van der Waals surface area contributed by atoms with E-state index in [-0.39, 0.29) is 0 Å². The predicted molar refractivity (Wildman–Crippen MR) is 78.0 cm³/mol. The Morgan fingerprint density at radius 3 is 2.28 bits per heavy atom. The molecular formula is C15H10ClNS. The van der Waals surface area contributed by atoms with Crippen LogP contribution in [0.15, 0.2) is 59.4 Å². The Bertz CT molecular complexity index is 645. The summed E-state index contributed by atoms with van der Waals surface area (Å²) in [5, 5.41) is 2.82. The fraction of sp³-hybridized carbons (Fsp3) is 0. The molecule has 0 radical (unpaired) electrons. The van der Waals surface area contributed by atoms with E-state index >= 15 is 0 Å². The van der Waals surface area contributed by atoms with Gasteiger partial charge in [0, 0.05) is 16.0 Å². The molecule has 0 bridgehead atoms. The van der Waals surface area contributed by atoms with Crippen LogP contribution >= 0.6 is 22.9 Å². The summed E-state index contributed by atoms with van der Waals surface area (Å²) in [4.78, 5) is 4.38. The smallest absolute Gasteiger partial charge is 0.0817 e. The van der Waals surface area contributed by atoms with Gasteiger partial charge in [0.15, 0.2) is 0 Å². The van der Waals surface area contributed by atoms with Crippen LogP contribution in [0.5, 0.6) is 0 Å². The minimum Gasteiger partial charge on any atom is -0.245 e. The summed E-state index contributed by atoms with van der Waals surface area (Å²) in [5.41, 5.74) is 6.36. The highest BCUT2D eigenvalue weighted by Crippen LogP contribution is 2.32. The largest absolute Gasteiger partial charge is 0.245 e. The summed E-state index contributed by atoms with van der Waals surface area (Å²) >= 11 is 7.54. The van der Waals surface area contributed by atoms with Crippen molar-refractivity contribution in [3.05, 3.63) is 64.4 Å². The molecule has 0 aliphatic rings. The molecule has 0 amide bonds. The lowest BCUT2D eigenvalue weighted by molar-refractivity contribution is 1.41. The average Bonchev–Trinajstić information content (AvgIpc) is 2.93. The molecule has 0 N–H and O–H groups in total. The monoisotopic (exact) mass is 271 g/mol. The lowest BCUT2D eigenvalue weighted by Gasteiger charge is -2.07. The number of hydrogen-bond donors (Lipinski definition) is 0. The second-order valence-electron chi connectivity index (χ2n) is 3.93. The van der Waals surface area contributed by atoms with Gasteiger partial charge in [-0.25, -0.2) is 4.98 Å². The van der Waals surface area contributed by atoms with Crippen molar-refractivity contribution in [1.29, 1.82) is 0 Å². The van der Waals surface area contributed by atoms with E-state index in [1.165, 1.54) is 5.56 Å². The van der Waals surface area contributed by atoms with E-state index in [1.54, 1.807) is 11.3 Å². The molecule has 88 valence electrons. The molecule has 0 aliphatic carbocycles. The minimum absolute atomic E-state index is 0.755. The molecule has 1 nitrogen and oxygen atoms in total. The molecule has 3 rings (SSSR count). The fourth-order valence-electron chi connectivity index (χ4n) is 1.93. The molecule has 3 aromatic rings. The number of thiazole rings is 1. The number of halogens is 1. The van der Waals surface area contributed by atoms with Crippen LogP contribution in [0.4, 0.5) is 0 Å². The highest BCUT2D eigenvalue weighted by molar-refractivity contribution is 7.07. The van der Waals surface area contributed by atoms with Gasteiger partial charge in [0.1, 0.15) is 0 Å². The number of benzene rings is 2. The summed E-state index contributed by atoms with van der Waals surface area (Å²) in [6.07, 6.45) is 0. The van der Waals surface area contributed by atoms with Crippen LogP contribution < -0.4 is 0 Å². The van der Waals surface area contributed by atoms with Crippen molar-refractivity contribution in [2.45, 2.75) is 0 Å². The average molecular weight is 272 g/mol. The van der Waals surface area contributed by atoms with Crippen molar-refractivity contribution in [2.24, 2.45) is 0 Å². The molecule has 1 aromatic heterocycles. The molecule has 0 saturated carbocycles. The standard InChI is InChI=1S/C15H10ClNS/c16-12-7-5-11(6-8-12)13-3-1-2-4-14(13)15-9-18-10-17-15/h1-10H. The third-order valence-corrected chi connectivity index (χ3v) is 3.63. The summed E-state index contributed by atoms with van der Waals surface area (Å²) in [7, 11) is 0. The highest BCUT2D eigenvalue weighted by atomic mass is 35.5. The Balaban J connectivity index is 2.15. The maximum Gasteiger partial charge on any atom is 0.0817 e. The quantitative estimate of drug-likeness (QED) is 0.630. The second kappa shape index (κ2) is 4.92. The second-order valence-corrected chi connectivity index (χ2v) is 5.08. The van der Waals surface area contributed by atoms with Gasteiger partial charge < -0.3 is 0 Å². The lowest BCUT2D eigenvalue weighted by atomic mass is 9.98. The van der Waals surface area contributed by atoms with Crippen LogP contribution in [0.1, 0.15) is 0 Å². The number of hydrogen-bond acceptors (Lipinski definition) is 2. The van der Waals surface area contributed by atoms with Crippen molar-refractivity contribution < 1.29 is 0 Å². The van der Waals surface area contributed by atoms with Crippen LogP contribution in [0.2, 0.25) is 5.02 Å². The van der Waals surface area contributed by atoms with Gasteiger partial charge in [0.25, 0.3) is 0 Å². The lowest BCUT2D eigenvalue weighted by Crippen LogP contribution is -1.84. The van der Waals surface area contributed by atoms with Gasteiger partial charge in [-0.3, -0.25) is 0 Å². The molecule has 3 heteroatoms. The van der Waals surface area contributed by atoms with Crippen molar-refractivity contribution in [3.8, 4) is 22.4 Å². The topological polar surface area (TPSA) is 12.9 Å². The maximum atomic E-state index is 5.93. The zero-order chi connectivity index (χ0) is 12.4. The molecule has 0 unspecified atom stereocenters. The van der Waals surface area contributed by atoms with Gasteiger partial charge in [0.05, 0.1) is 11.2 Å². The number of nitrogens with zero attached hydrogens (tertiary/aromatic N) is 1. The summed E-state index contributed by atoms with van der Waals surface area (Å²) in [6, 6.07) is 16.2. The highest BCUT2D eigenvalue weighted by Gasteiger charge is 2.07. The first-order chi connectivity index (χ1) is 8.84. The van der Waals surface area contributed by atoms with Crippen LogP contribution in [-0.4, -0.2) is 4.98 Å². The van der Waals surface area contributed by atoms with Crippen LogP contribution in [0.25, 0.3) is 22.4 Å². The zero-order valence-corrected chi connectivity index (χ0v) is 11.1. The van der Waals surface area contributed by atoms with E-state index in [0.29, 0.717) is 0 Å². The Morgan fingerprint density at radius 1 is 0.889 bits per heavy atom. The molecular weight excluding hydrogens is 262 g/mol. The maximum absolute atomic E-state index is 5.93. The Kier molecular flexibility index (Phi) is 3.13. The zero-order valence-electron chi connectivity index (χ0n) is 9.51. The molecule has 0 saturated heterocycles. The van der Waals surface area contributed by atoms with Gasteiger partial charge in [-0.1, -0.05) is 48.0 Å². The van der Waals surface area contributed by atoms with E-state index in [9.17, 15) is 0 Å². The Labute approximate surface area is 115 Å². The third kappa shape index (κ3) is 2.17. The van der Waals surface area contributed by atoms with E-state index in [0.717, 1.165) is 21.8 Å². The molecule has 18 heavy (non-hydrogen) atoms. The van der Waals surface area contributed by atoms with Crippen molar-refractivity contribution in [1.82, 2.24) is 4.98 Å². The SMILES string of the molecule is Clc1ccc(-c2ccccc2-c2cscn2)cc1. The third-order valence-electron chi connectivity index (χ3n) is 2.79. The van der Waals surface area contributed by atoms with Crippen molar-refractivity contribution in [2.75, 3.05) is 0 Å². The fourth-order valence-corrected chi connectivity index (χ4v) is 2.61. The van der Waals surface area contributed by atoms with Crippen molar-refractivity contribution in [3.63, 3.8) is 0 Å². The van der Waals surface area contributed by atoms with Gasteiger partial charge in [0.2, 0.25) is 0 Å². The van der Waals surface area contributed by atoms with Crippen LogP contribution in [0, 0.1) is 0 Å². The molecule has 0 fully saturated rings. The Morgan fingerprint density at radius 2 is 1.61 bits per heavy atom. The molecule has 0 atom stereocenters. The first-order valence-corrected chi connectivity index (χ1v) is 6.90. The normalized spacial score (nSPS) is 10.5.